The smallest absolute Gasteiger partial charge is 0.111 e. The first-order chi connectivity index (χ1) is 6.75. The third-order valence-corrected chi connectivity index (χ3v) is 2.68. The van der Waals surface area contributed by atoms with Crippen LogP contribution in [0.1, 0.15) is 39.0 Å². The molecule has 1 fully saturated rings. The summed E-state index contributed by atoms with van der Waals surface area (Å²) in [6.45, 7) is 5.30. The molecule has 78 valence electrons. The van der Waals surface area contributed by atoms with Gasteiger partial charge in [-0.05, 0) is 19.8 Å². The topological polar surface area (TPSA) is 32.6 Å². The van der Waals surface area contributed by atoms with Crippen molar-refractivity contribution < 1.29 is 5.11 Å². The van der Waals surface area contributed by atoms with E-state index < -0.39 is 0 Å². The van der Waals surface area contributed by atoms with E-state index in [4.69, 9.17) is 0 Å². The van der Waals surface area contributed by atoms with Crippen LogP contribution in [-0.2, 0) is 0 Å². The molecule has 0 aliphatic heterocycles. The van der Waals surface area contributed by atoms with Crippen molar-refractivity contribution in [1.82, 2.24) is 0 Å². The number of hydrogen-bond donors (Lipinski definition) is 1. The molecule has 0 spiro atoms. The number of aliphatic hydroxyl groups excluding tert-OH is 1. The van der Waals surface area contributed by atoms with Crippen LogP contribution in [0, 0.1) is 5.92 Å². The Labute approximate surface area is 86.1 Å². The van der Waals surface area contributed by atoms with Crippen molar-refractivity contribution in [3.05, 3.63) is 24.1 Å². The maximum atomic E-state index is 9.52. The van der Waals surface area contributed by atoms with E-state index in [9.17, 15) is 5.11 Å². The maximum absolute atomic E-state index is 9.52. The Balaban J connectivity index is 2.71. The average molecular weight is 193 g/mol. The van der Waals surface area contributed by atoms with Crippen LogP contribution in [0.5, 0.6) is 0 Å². The number of nitrogens with zero attached hydrogens (tertiary/aromatic N) is 1. The molecule has 2 heteroatoms. The molecular weight excluding hydrogens is 174 g/mol. The molecular formula is C12H19NO. The van der Waals surface area contributed by atoms with E-state index in [1.807, 2.05) is 0 Å². The fraction of sp³-hybridized carbons (Fsp3) is 0.583. The zero-order valence-corrected chi connectivity index (χ0v) is 8.87. The van der Waals surface area contributed by atoms with Gasteiger partial charge in [0.1, 0.15) is 5.76 Å². The molecule has 1 aliphatic carbocycles. The van der Waals surface area contributed by atoms with Gasteiger partial charge < -0.3 is 5.11 Å². The zero-order valence-electron chi connectivity index (χ0n) is 8.87. The number of allylic oxidation sites excluding steroid dienone is 3. The zero-order chi connectivity index (χ0) is 10.4. The van der Waals surface area contributed by atoms with Gasteiger partial charge in [0.25, 0.3) is 0 Å². The molecule has 0 aromatic carbocycles. The summed E-state index contributed by atoms with van der Waals surface area (Å²) in [4.78, 5) is 4.25. The number of aliphatic imine (C=N–C) groups is 1. The van der Waals surface area contributed by atoms with Gasteiger partial charge in [-0.25, -0.2) is 0 Å². The molecule has 0 bridgehead atoms. The quantitative estimate of drug-likeness (QED) is 0.539. The van der Waals surface area contributed by atoms with Crippen LogP contribution in [0.4, 0.5) is 0 Å². The van der Waals surface area contributed by atoms with E-state index in [-0.39, 0.29) is 0 Å². The Hall–Kier alpha value is -1.05. The summed E-state index contributed by atoms with van der Waals surface area (Å²) in [6.07, 6.45) is 9.44. The third-order valence-electron chi connectivity index (χ3n) is 2.68. The van der Waals surface area contributed by atoms with E-state index in [1.165, 1.54) is 19.3 Å². The predicted octanol–water partition coefficient (Wildman–Crippen LogP) is 3.61. The van der Waals surface area contributed by atoms with Gasteiger partial charge in [0.2, 0.25) is 0 Å². The van der Waals surface area contributed by atoms with Gasteiger partial charge >= 0.3 is 0 Å². The highest BCUT2D eigenvalue weighted by Crippen LogP contribution is 2.31. The standard InChI is InChI=1S/C12H19NO/c1-3-9-13-12(10(2)14)11-7-5-4-6-8-11/h3,9,11,14H,1,4-8H2,2H3/b12-10+,13-9-. The normalized spacial score (nSPS) is 20.9. The van der Waals surface area contributed by atoms with Gasteiger partial charge in [-0.1, -0.05) is 31.9 Å². The van der Waals surface area contributed by atoms with Gasteiger partial charge in [0.15, 0.2) is 0 Å². The molecule has 0 aromatic rings. The highest BCUT2D eigenvalue weighted by Gasteiger charge is 2.18. The number of aliphatic hydroxyl groups is 1. The molecule has 0 heterocycles. The minimum atomic E-state index is 0.356. The molecule has 0 aromatic heterocycles. The third kappa shape index (κ3) is 3.02. The molecule has 2 nitrogen and oxygen atoms in total. The minimum absolute atomic E-state index is 0.356. The fourth-order valence-corrected chi connectivity index (χ4v) is 2.00. The van der Waals surface area contributed by atoms with Crippen molar-refractivity contribution in [2.45, 2.75) is 39.0 Å². The van der Waals surface area contributed by atoms with Gasteiger partial charge in [-0.3, -0.25) is 4.99 Å². The Morgan fingerprint density at radius 2 is 2.00 bits per heavy atom. The van der Waals surface area contributed by atoms with Crippen LogP contribution in [0.2, 0.25) is 0 Å². The van der Waals surface area contributed by atoms with E-state index in [1.54, 1.807) is 19.2 Å². The second-order valence-electron chi connectivity index (χ2n) is 3.82. The molecule has 1 saturated carbocycles. The summed E-state index contributed by atoms with van der Waals surface area (Å²) in [5, 5.41) is 9.52. The lowest BCUT2D eigenvalue weighted by Gasteiger charge is -2.22. The van der Waals surface area contributed by atoms with E-state index in [0.29, 0.717) is 11.7 Å². The van der Waals surface area contributed by atoms with E-state index in [0.717, 1.165) is 18.5 Å². The van der Waals surface area contributed by atoms with Crippen molar-refractivity contribution in [3.63, 3.8) is 0 Å². The first-order valence-corrected chi connectivity index (χ1v) is 5.30. The first-order valence-electron chi connectivity index (χ1n) is 5.30. The molecule has 1 rings (SSSR count). The molecule has 0 radical (unpaired) electrons. The van der Waals surface area contributed by atoms with Gasteiger partial charge in [0.05, 0.1) is 5.70 Å². The summed E-state index contributed by atoms with van der Waals surface area (Å²) in [5.41, 5.74) is 0.851. The van der Waals surface area contributed by atoms with Crippen molar-refractivity contribution in [1.29, 1.82) is 0 Å². The molecule has 0 atom stereocenters. The van der Waals surface area contributed by atoms with Crippen molar-refractivity contribution in [2.75, 3.05) is 0 Å². The van der Waals surface area contributed by atoms with E-state index in [2.05, 4.69) is 11.6 Å². The largest absolute Gasteiger partial charge is 0.511 e. The molecule has 0 unspecified atom stereocenters. The molecule has 0 saturated heterocycles. The lowest BCUT2D eigenvalue weighted by molar-refractivity contribution is 0.356. The summed E-state index contributed by atoms with van der Waals surface area (Å²) < 4.78 is 0. The van der Waals surface area contributed by atoms with Crippen LogP contribution >= 0.6 is 0 Å². The second-order valence-corrected chi connectivity index (χ2v) is 3.82. The van der Waals surface area contributed by atoms with Gasteiger partial charge in [-0.15, -0.1) is 0 Å². The van der Waals surface area contributed by atoms with Crippen molar-refractivity contribution >= 4 is 6.21 Å². The highest BCUT2D eigenvalue weighted by atomic mass is 16.3. The van der Waals surface area contributed by atoms with Crippen LogP contribution < -0.4 is 0 Å². The average Bonchev–Trinajstić information content (AvgIpc) is 2.19. The summed E-state index contributed by atoms with van der Waals surface area (Å²) in [6, 6.07) is 0. The predicted molar refractivity (Wildman–Crippen MR) is 60.6 cm³/mol. The first kappa shape index (κ1) is 11.0. The number of hydrogen-bond acceptors (Lipinski definition) is 2. The van der Waals surface area contributed by atoms with Crippen LogP contribution in [0.3, 0.4) is 0 Å². The van der Waals surface area contributed by atoms with Crippen molar-refractivity contribution in [2.24, 2.45) is 10.9 Å². The second kappa shape index (κ2) is 5.63. The molecule has 1 aliphatic rings. The molecule has 0 amide bonds. The fourth-order valence-electron chi connectivity index (χ4n) is 2.00. The van der Waals surface area contributed by atoms with Crippen molar-refractivity contribution in [3.8, 4) is 0 Å². The van der Waals surface area contributed by atoms with Crippen LogP contribution in [0.15, 0.2) is 29.1 Å². The number of rotatable bonds is 3. The Morgan fingerprint density at radius 1 is 1.36 bits per heavy atom. The monoisotopic (exact) mass is 193 g/mol. The Kier molecular flexibility index (Phi) is 4.44. The molecule has 1 N–H and O–H groups in total. The molecule has 14 heavy (non-hydrogen) atoms. The summed E-state index contributed by atoms with van der Waals surface area (Å²) in [5.74, 6) is 0.806. The summed E-state index contributed by atoms with van der Waals surface area (Å²) in [7, 11) is 0. The van der Waals surface area contributed by atoms with Crippen LogP contribution in [0.25, 0.3) is 0 Å². The lowest BCUT2D eigenvalue weighted by atomic mass is 9.86. The Bertz CT molecular complexity index is 243. The minimum Gasteiger partial charge on any atom is -0.511 e. The summed E-state index contributed by atoms with van der Waals surface area (Å²) >= 11 is 0. The van der Waals surface area contributed by atoms with Gasteiger partial charge in [0, 0.05) is 12.1 Å². The lowest BCUT2D eigenvalue weighted by Crippen LogP contribution is -2.09. The van der Waals surface area contributed by atoms with E-state index >= 15 is 0 Å². The SMILES string of the molecule is C=C/C=N\C(=C(/C)O)C1CCCCC1. The van der Waals surface area contributed by atoms with Crippen LogP contribution in [-0.4, -0.2) is 11.3 Å². The Morgan fingerprint density at radius 3 is 2.50 bits per heavy atom. The van der Waals surface area contributed by atoms with Gasteiger partial charge in [-0.2, -0.15) is 0 Å². The maximum Gasteiger partial charge on any atom is 0.111 e. The highest BCUT2D eigenvalue weighted by molar-refractivity contribution is 5.71.